The van der Waals surface area contributed by atoms with E-state index in [0.717, 1.165) is 27.2 Å². The molecule has 0 aliphatic carbocycles. The number of ether oxygens (including phenoxy) is 1. The second-order valence-electron chi connectivity index (χ2n) is 4.93. The first-order valence-corrected chi connectivity index (χ1v) is 7.31. The highest BCUT2D eigenvalue weighted by Gasteiger charge is 2.11. The van der Waals surface area contributed by atoms with Crippen molar-refractivity contribution in [1.29, 1.82) is 0 Å². The highest BCUT2D eigenvalue weighted by atomic mass is 79.9. The van der Waals surface area contributed by atoms with Gasteiger partial charge in [0.25, 0.3) is 0 Å². The lowest BCUT2D eigenvalue weighted by molar-refractivity contribution is 0.430. The Kier molecular flexibility index (Phi) is 4.73. The average molecular weight is 336 g/mol. The molecule has 0 aliphatic heterocycles. The van der Waals surface area contributed by atoms with Crippen LogP contribution in [0.15, 0.2) is 28.7 Å². The predicted octanol–water partition coefficient (Wildman–Crippen LogP) is 3.92. The Hall–Kier alpha value is -1.46. The molecule has 0 radical (unpaired) electrons. The summed E-state index contributed by atoms with van der Waals surface area (Å²) in [7, 11) is 0. The van der Waals surface area contributed by atoms with Crippen LogP contribution >= 0.6 is 15.9 Å². The predicted molar refractivity (Wildman–Crippen MR) is 83.0 cm³/mol. The van der Waals surface area contributed by atoms with E-state index < -0.39 is 0 Å². The van der Waals surface area contributed by atoms with Crippen LogP contribution in [0.5, 0.6) is 11.8 Å². The summed E-state index contributed by atoms with van der Waals surface area (Å²) < 4.78 is 6.88. The summed E-state index contributed by atoms with van der Waals surface area (Å²) in [6, 6.07) is 8.13. The number of nitrogens with two attached hydrogens (primary N) is 1. The fourth-order valence-electron chi connectivity index (χ4n) is 1.92. The molecule has 0 spiro atoms. The topological polar surface area (TPSA) is 61.0 Å². The summed E-state index contributed by atoms with van der Waals surface area (Å²) in [5.41, 5.74) is 8.36. The number of halogens is 1. The lowest BCUT2D eigenvalue weighted by atomic mass is 10.0. The molecule has 0 unspecified atom stereocenters. The van der Waals surface area contributed by atoms with Crippen LogP contribution in [-0.4, -0.2) is 9.97 Å². The summed E-state index contributed by atoms with van der Waals surface area (Å²) in [5.74, 6) is 1.12. The Morgan fingerprint density at radius 3 is 2.65 bits per heavy atom. The minimum Gasteiger partial charge on any atom is -0.424 e. The number of hydrogen-bond acceptors (Lipinski definition) is 4. The van der Waals surface area contributed by atoms with Crippen molar-refractivity contribution in [3.63, 3.8) is 0 Å². The summed E-state index contributed by atoms with van der Waals surface area (Å²) in [5, 5.41) is 0. The number of aryl methyl sites for hydroxylation is 1. The van der Waals surface area contributed by atoms with Gasteiger partial charge in [0.1, 0.15) is 5.75 Å². The summed E-state index contributed by atoms with van der Waals surface area (Å²) in [6.45, 7) is 6.52. The monoisotopic (exact) mass is 335 g/mol. The molecule has 0 saturated heterocycles. The molecule has 0 aliphatic rings. The van der Waals surface area contributed by atoms with Gasteiger partial charge >= 0.3 is 6.01 Å². The van der Waals surface area contributed by atoms with Crippen molar-refractivity contribution in [2.45, 2.75) is 33.2 Å². The van der Waals surface area contributed by atoms with Crippen molar-refractivity contribution in [2.75, 3.05) is 0 Å². The maximum Gasteiger partial charge on any atom is 0.322 e. The molecule has 5 heteroatoms. The smallest absolute Gasteiger partial charge is 0.322 e. The second-order valence-corrected chi connectivity index (χ2v) is 5.84. The van der Waals surface area contributed by atoms with E-state index in [0.29, 0.717) is 18.5 Å². The molecular formula is C15H18BrN3O. The van der Waals surface area contributed by atoms with Crippen molar-refractivity contribution >= 4 is 15.9 Å². The highest BCUT2D eigenvalue weighted by molar-refractivity contribution is 9.10. The Bertz CT molecular complexity index is 614. The van der Waals surface area contributed by atoms with Crippen LogP contribution < -0.4 is 10.5 Å². The fourth-order valence-corrected chi connectivity index (χ4v) is 2.30. The standard InChI is InChI=1S/C15H18BrN3O/c1-9(2)13-7-11(16)4-5-14(13)20-15-18-10(3)6-12(8-17)19-15/h4-7,9H,8,17H2,1-3H3. The Balaban J connectivity index is 2.37. The molecule has 0 atom stereocenters. The number of benzene rings is 1. The molecule has 1 aromatic heterocycles. The van der Waals surface area contributed by atoms with Crippen LogP contribution in [0.3, 0.4) is 0 Å². The van der Waals surface area contributed by atoms with E-state index in [-0.39, 0.29) is 0 Å². The lowest BCUT2D eigenvalue weighted by Gasteiger charge is -2.13. The average Bonchev–Trinajstić information content (AvgIpc) is 2.40. The first-order valence-electron chi connectivity index (χ1n) is 6.51. The van der Waals surface area contributed by atoms with Crippen molar-refractivity contribution in [3.05, 3.63) is 45.7 Å². The fraction of sp³-hybridized carbons (Fsp3) is 0.333. The van der Waals surface area contributed by atoms with Gasteiger partial charge in [0.05, 0.1) is 5.69 Å². The lowest BCUT2D eigenvalue weighted by Crippen LogP contribution is -2.04. The second kappa shape index (κ2) is 6.33. The zero-order chi connectivity index (χ0) is 14.7. The minimum absolute atomic E-state index is 0.342. The van der Waals surface area contributed by atoms with E-state index in [9.17, 15) is 0 Å². The van der Waals surface area contributed by atoms with Crippen LogP contribution in [0.25, 0.3) is 0 Å². The van der Waals surface area contributed by atoms with Gasteiger partial charge in [0.15, 0.2) is 0 Å². The van der Waals surface area contributed by atoms with Crippen molar-refractivity contribution < 1.29 is 4.74 Å². The van der Waals surface area contributed by atoms with Crippen LogP contribution in [0.2, 0.25) is 0 Å². The Morgan fingerprint density at radius 2 is 2.00 bits per heavy atom. The SMILES string of the molecule is Cc1cc(CN)nc(Oc2ccc(Br)cc2C(C)C)n1. The summed E-state index contributed by atoms with van der Waals surface area (Å²) in [4.78, 5) is 8.60. The molecule has 20 heavy (non-hydrogen) atoms. The molecule has 0 bridgehead atoms. The summed E-state index contributed by atoms with van der Waals surface area (Å²) >= 11 is 3.48. The molecule has 106 valence electrons. The van der Waals surface area contributed by atoms with Crippen LogP contribution in [0, 0.1) is 6.92 Å². The van der Waals surface area contributed by atoms with Gasteiger partial charge in [-0.3, -0.25) is 0 Å². The van der Waals surface area contributed by atoms with E-state index in [1.165, 1.54) is 0 Å². The van der Waals surface area contributed by atoms with Gasteiger partial charge < -0.3 is 10.5 Å². The molecule has 1 heterocycles. The normalized spacial score (nSPS) is 10.9. The van der Waals surface area contributed by atoms with E-state index in [1.54, 1.807) is 0 Å². The molecule has 2 N–H and O–H groups in total. The minimum atomic E-state index is 0.342. The maximum atomic E-state index is 5.85. The van der Waals surface area contributed by atoms with Crippen LogP contribution in [0.4, 0.5) is 0 Å². The zero-order valence-electron chi connectivity index (χ0n) is 11.9. The third-order valence-electron chi connectivity index (χ3n) is 2.89. The van der Waals surface area contributed by atoms with Crippen molar-refractivity contribution in [2.24, 2.45) is 5.73 Å². The zero-order valence-corrected chi connectivity index (χ0v) is 13.4. The van der Waals surface area contributed by atoms with Crippen LogP contribution in [-0.2, 0) is 6.54 Å². The van der Waals surface area contributed by atoms with Gasteiger partial charge in [-0.15, -0.1) is 0 Å². The molecular weight excluding hydrogens is 318 g/mol. The molecule has 0 fully saturated rings. The number of aromatic nitrogens is 2. The molecule has 4 nitrogen and oxygen atoms in total. The number of rotatable bonds is 4. The molecule has 0 saturated carbocycles. The molecule has 2 rings (SSSR count). The van der Waals surface area contributed by atoms with Gasteiger partial charge in [-0.2, -0.15) is 4.98 Å². The molecule has 0 amide bonds. The molecule has 1 aromatic carbocycles. The number of hydrogen-bond donors (Lipinski definition) is 1. The summed E-state index contributed by atoms with van der Waals surface area (Å²) in [6.07, 6.45) is 0. The Labute approximate surface area is 127 Å². The first kappa shape index (κ1) is 14.9. The van der Waals surface area contributed by atoms with Gasteiger partial charge in [-0.1, -0.05) is 29.8 Å². The highest BCUT2D eigenvalue weighted by Crippen LogP contribution is 2.31. The molecule has 2 aromatic rings. The van der Waals surface area contributed by atoms with E-state index in [2.05, 4.69) is 45.8 Å². The van der Waals surface area contributed by atoms with E-state index in [4.69, 9.17) is 10.5 Å². The largest absolute Gasteiger partial charge is 0.424 e. The first-order chi connectivity index (χ1) is 9.49. The van der Waals surface area contributed by atoms with Crippen molar-refractivity contribution in [1.82, 2.24) is 9.97 Å². The van der Waals surface area contributed by atoms with E-state index in [1.807, 2.05) is 25.1 Å². The van der Waals surface area contributed by atoms with E-state index >= 15 is 0 Å². The van der Waals surface area contributed by atoms with Crippen LogP contribution in [0.1, 0.15) is 36.7 Å². The number of nitrogens with zero attached hydrogens (tertiary/aromatic N) is 2. The Morgan fingerprint density at radius 1 is 1.25 bits per heavy atom. The third-order valence-corrected chi connectivity index (χ3v) is 3.38. The van der Waals surface area contributed by atoms with Gasteiger partial charge in [-0.25, -0.2) is 4.98 Å². The van der Waals surface area contributed by atoms with Gasteiger partial charge in [0, 0.05) is 16.7 Å². The third kappa shape index (κ3) is 3.55. The van der Waals surface area contributed by atoms with Gasteiger partial charge in [0.2, 0.25) is 0 Å². The quantitative estimate of drug-likeness (QED) is 0.919. The van der Waals surface area contributed by atoms with Gasteiger partial charge in [-0.05, 0) is 42.7 Å². The van der Waals surface area contributed by atoms with Crippen molar-refractivity contribution in [3.8, 4) is 11.8 Å². The maximum absolute atomic E-state index is 5.85.